The first kappa shape index (κ1) is 11.9. The lowest BCUT2D eigenvalue weighted by molar-refractivity contribution is 1.09. The molecule has 2 heterocycles. The summed E-state index contributed by atoms with van der Waals surface area (Å²) in [5, 5.41) is 5.83. The maximum Gasteiger partial charge on any atom is 0.139 e. The summed E-state index contributed by atoms with van der Waals surface area (Å²) in [4.78, 5) is 8.43. The van der Waals surface area contributed by atoms with E-state index in [4.69, 9.17) is 11.6 Å². The lowest BCUT2D eigenvalue weighted by atomic mass is 10.2. The molecule has 4 heteroatoms. The molecule has 0 saturated heterocycles. The maximum absolute atomic E-state index is 6.18. The SMILES string of the molecule is Clc1nc(NCc2cccnc2)cc2ccccc12. The van der Waals surface area contributed by atoms with Gasteiger partial charge >= 0.3 is 0 Å². The number of rotatable bonds is 3. The molecule has 0 atom stereocenters. The molecule has 0 bridgehead atoms. The summed E-state index contributed by atoms with van der Waals surface area (Å²) in [5.74, 6) is 0.771. The van der Waals surface area contributed by atoms with Crippen LogP contribution in [-0.2, 0) is 6.54 Å². The molecule has 0 spiro atoms. The van der Waals surface area contributed by atoms with Crippen molar-refractivity contribution in [2.75, 3.05) is 5.32 Å². The number of fused-ring (bicyclic) bond motifs is 1. The van der Waals surface area contributed by atoms with Gasteiger partial charge in [-0.3, -0.25) is 4.98 Å². The molecule has 0 aliphatic carbocycles. The Labute approximate surface area is 116 Å². The minimum atomic E-state index is 0.520. The number of halogens is 1. The van der Waals surface area contributed by atoms with Gasteiger partial charge in [0.25, 0.3) is 0 Å². The fraction of sp³-hybridized carbons (Fsp3) is 0.0667. The normalized spacial score (nSPS) is 10.6. The summed E-state index contributed by atoms with van der Waals surface area (Å²) in [6.07, 6.45) is 3.59. The fourth-order valence-electron chi connectivity index (χ4n) is 1.94. The van der Waals surface area contributed by atoms with Gasteiger partial charge in [-0.1, -0.05) is 41.9 Å². The number of nitrogens with zero attached hydrogens (tertiary/aromatic N) is 2. The molecule has 2 aromatic heterocycles. The largest absolute Gasteiger partial charge is 0.366 e. The quantitative estimate of drug-likeness (QED) is 0.733. The summed E-state index contributed by atoms with van der Waals surface area (Å²) in [6.45, 7) is 0.676. The van der Waals surface area contributed by atoms with E-state index in [2.05, 4.69) is 15.3 Å². The van der Waals surface area contributed by atoms with E-state index < -0.39 is 0 Å². The average Bonchev–Trinajstić information content (AvgIpc) is 2.46. The van der Waals surface area contributed by atoms with Crippen molar-refractivity contribution >= 4 is 28.2 Å². The van der Waals surface area contributed by atoms with Gasteiger partial charge in [-0.25, -0.2) is 4.98 Å². The fourth-order valence-corrected chi connectivity index (χ4v) is 2.21. The van der Waals surface area contributed by atoms with Crippen molar-refractivity contribution in [3.8, 4) is 0 Å². The standard InChI is InChI=1S/C15H12ClN3/c16-15-13-6-2-1-5-12(13)8-14(19-15)18-10-11-4-3-7-17-9-11/h1-9H,10H2,(H,18,19). The molecule has 0 saturated carbocycles. The molecule has 0 amide bonds. The van der Waals surface area contributed by atoms with Gasteiger partial charge in [0.15, 0.2) is 0 Å². The molecular weight excluding hydrogens is 258 g/mol. The van der Waals surface area contributed by atoms with E-state index in [1.807, 2.05) is 48.7 Å². The summed E-state index contributed by atoms with van der Waals surface area (Å²) >= 11 is 6.18. The first-order chi connectivity index (χ1) is 9.33. The van der Waals surface area contributed by atoms with E-state index in [1.165, 1.54) is 0 Å². The van der Waals surface area contributed by atoms with E-state index in [9.17, 15) is 0 Å². The Balaban J connectivity index is 1.85. The van der Waals surface area contributed by atoms with Crippen molar-refractivity contribution in [3.63, 3.8) is 0 Å². The minimum Gasteiger partial charge on any atom is -0.366 e. The lowest BCUT2D eigenvalue weighted by Crippen LogP contribution is -2.01. The van der Waals surface area contributed by atoms with E-state index in [0.29, 0.717) is 11.7 Å². The smallest absolute Gasteiger partial charge is 0.139 e. The minimum absolute atomic E-state index is 0.520. The molecule has 1 N–H and O–H groups in total. The number of hydrogen-bond acceptors (Lipinski definition) is 3. The first-order valence-electron chi connectivity index (χ1n) is 6.01. The molecule has 0 fully saturated rings. The van der Waals surface area contributed by atoms with E-state index >= 15 is 0 Å². The predicted molar refractivity (Wildman–Crippen MR) is 78.3 cm³/mol. The van der Waals surface area contributed by atoms with Gasteiger partial charge in [0, 0.05) is 24.3 Å². The van der Waals surface area contributed by atoms with Gasteiger partial charge in [0.2, 0.25) is 0 Å². The van der Waals surface area contributed by atoms with Crippen LogP contribution in [-0.4, -0.2) is 9.97 Å². The van der Waals surface area contributed by atoms with Gasteiger partial charge in [0.05, 0.1) is 0 Å². The second-order valence-electron chi connectivity index (χ2n) is 4.23. The Morgan fingerprint density at radius 1 is 1.11 bits per heavy atom. The van der Waals surface area contributed by atoms with E-state index in [-0.39, 0.29) is 0 Å². The Kier molecular flexibility index (Phi) is 3.29. The van der Waals surface area contributed by atoms with Gasteiger partial charge < -0.3 is 5.32 Å². The number of benzene rings is 1. The summed E-state index contributed by atoms with van der Waals surface area (Å²) in [6, 6.07) is 13.9. The van der Waals surface area contributed by atoms with Crippen molar-refractivity contribution in [1.82, 2.24) is 9.97 Å². The number of hydrogen-bond donors (Lipinski definition) is 1. The predicted octanol–water partition coefficient (Wildman–Crippen LogP) is 3.90. The van der Waals surface area contributed by atoms with Crippen LogP contribution in [0.4, 0.5) is 5.82 Å². The molecule has 94 valence electrons. The van der Waals surface area contributed by atoms with Gasteiger partial charge in [-0.05, 0) is 23.1 Å². The van der Waals surface area contributed by atoms with Crippen molar-refractivity contribution in [1.29, 1.82) is 0 Å². The van der Waals surface area contributed by atoms with E-state index in [0.717, 1.165) is 22.2 Å². The summed E-state index contributed by atoms with van der Waals surface area (Å²) in [5.41, 5.74) is 1.11. The van der Waals surface area contributed by atoms with Crippen LogP contribution in [0.5, 0.6) is 0 Å². The zero-order valence-corrected chi connectivity index (χ0v) is 10.9. The number of anilines is 1. The monoisotopic (exact) mass is 269 g/mol. The summed E-state index contributed by atoms with van der Waals surface area (Å²) in [7, 11) is 0. The zero-order valence-electron chi connectivity index (χ0n) is 10.2. The van der Waals surface area contributed by atoms with Gasteiger partial charge in [-0.2, -0.15) is 0 Å². The Morgan fingerprint density at radius 2 is 2.00 bits per heavy atom. The van der Waals surface area contributed by atoms with Crippen LogP contribution in [0.1, 0.15) is 5.56 Å². The van der Waals surface area contributed by atoms with Crippen LogP contribution in [0.15, 0.2) is 54.9 Å². The average molecular weight is 270 g/mol. The Morgan fingerprint density at radius 3 is 2.84 bits per heavy atom. The highest BCUT2D eigenvalue weighted by Crippen LogP contribution is 2.24. The van der Waals surface area contributed by atoms with Crippen molar-refractivity contribution < 1.29 is 0 Å². The second kappa shape index (κ2) is 5.24. The molecule has 0 unspecified atom stereocenters. The van der Waals surface area contributed by atoms with Crippen molar-refractivity contribution in [2.45, 2.75) is 6.54 Å². The number of aromatic nitrogens is 2. The second-order valence-corrected chi connectivity index (χ2v) is 4.59. The third kappa shape index (κ3) is 2.66. The topological polar surface area (TPSA) is 37.8 Å². The van der Waals surface area contributed by atoms with Crippen LogP contribution in [0, 0.1) is 0 Å². The third-order valence-electron chi connectivity index (χ3n) is 2.89. The van der Waals surface area contributed by atoms with Crippen LogP contribution in [0.25, 0.3) is 10.8 Å². The van der Waals surface area contributed by atoms with Crippen LogP contribution >= 0.6 is 11.6 Å². The third-order valence-corrected chi connectivity index (χ3v) is 3.18. The molecule has 0 radical (unpaired) electrons. The maximum atomic E-state index is 6.18. The summed E-state index contributed by atoms with van der Waals surface area (Å²) < 4.78 is 0. The molecule has 3 rings (SSSR count). The van der Waals surface area contributed by atoms with Crippen LogP contribution in [0.3, 0.4) is 0 Å². The van der Waals surface area contributed by atoms with Crippen molar-refractivity contribution in [2.24, 2.45) is 0 Å². The molecule has 3 aromatic rings. The highest BCUT2D eigenvalue weighted by atomic mass is 35.5. The Bertz CT molecular complexity index is 698. The van der Waals surface area contributed by atoms with E-state index in [1.54, 1.807) is 6.20 Å². The Hall–Kier alpha value is -2.13. The van der Waals surface area contributed by atoms with Gasteiger partial charge in [0.1, 0.15) is 11.0 Å². The molecule has 0 aliphatic rings. The zero-order chi connectivity index (χ0) is 13.1. The van der Waals surface area contributed by atoms with Crippen LogP contribution in [0.2, 0.25) is 5.15 Å². The molecule has 1 aromatic carbocycles. The molecule has 19 heavy (non-hydrogen) atoms. The number of nitrogens with one attached hydrogen (secondary N) is 1. The molecule has 3 nitrogen and oxygen atoms in total. The molecule has 0 aliphatic heterocycles. The highest BCUT2D eigenvalue weighted by Gasteiger charge is 2.03. The number of pyridine rings is 2. The highest BCUT2D eigenvalue weighted by molar-refractivity contribution is 6.34. The first-order valence-corrected chi connectivity index (χ1v) is 6.39. The molecular formula is C15H12ClN3. The lowest BCUT2D eigenvalue weighted by Gasteiger charge is -2.08. The van der Waals surface area contributed by atoms with Crippen molar-refractivity contribution in [3.05, 3.63) is 65.6 Å². The van der Waals surface area contributed by atoms with Gasteiger partial charge in [-0.15, -0.1) is 0 Å². The van der Waals surface area contributed by atoms with Crippen LogP contribution < -0.4 is 5.32 Å².